The summed E-state index contributed by atoms with van der Waals surface area (Å²) in [7, 11) is 0. The van der Waals surface area contributed by atoms with E-state index in [0.717, 1.165) is 28.1 Å². The van der Waals surface area contributed by atoms with Gasteiger partial charge in [0.1, 0.15) is 5.69 Å². The van der Waals surface area contributed by atoms with Crippen LogP contribution in [0.4, 0.5) is 5.69 Å². The lowest BCUT2D eigenvalue weighted by Gasteiger charge is -2.09. The molecular formula is C28H27N5O2. The van der Waals surface area contributed by atoms with E-state index in [1.54, 1.807) is 23.2 Å². The Balaban J connectivity index is 1.47. The molecule has 0 saturated heterocycles. The Hall–Kier alpha value is -4.52. The van der Waals surface area contributed by atoms with Crippen LogP contribution in [0, 0.1) is 5.92 Å². The highest BCUT2D eigenvalue weighted by atomic mass is 16.2. The quantitative estimate of drug-likeness (QED) is 0.364. The van der Waals surface area contributed by atoms with Gasteiger partial charge in [0.25, 0.3) is 0 Å². The molecule has 0 radical (unpaired) electrons. The molecule has 0 aliphatic carbocycles. The Morgan fingerprint density at radius 3 is 2.60 bits per heavy atom. The van der Waals surface area contributed by atoms with Crippen molar-refractivity contribution in [2.45, 2.75) is 20.4 Å². The number of carbonyl (C=O) groups is 2. The van der Waals surface area contributed by atoms with Crippen LogP contribution in [0.5, 0.6) is 0 Å². The molecule has 0 bridgehead atoms. The zero-order valence-electron chi connectivity index (χ0n) is 19.7. The van der Waals surface area contributed by atoms with Crippen LogP contribution in [0.1, 0.15) is 25.0 Å². The maximum atomic E-state index is 12.6. The Bertz CT molecular complexity index is 1330. The van der Waals surface area contributed by atoms with Crippen molar-refractivity contribution in [3.05, 3.63) is 103 Å². The predicted octanol–water partition coefficient (Wildman–Crippen LogP) is 4.86. The number of rotatable bonds is 8. The lowest BCUT2D eigenvalue weighted by atomic mass is 10.1. The van der Waals surface area contributed by atoms with E-state index in [-0.39, 0.29) is 17.7 Å². The Morgan fingerprint density at radius 2 is 1.86 bits per heavy atom. The summed E-state index contributed by atoms with van der Waals surface area (Å²) in [5.41, 5.74) is 4.92. The minimum absolute atomic E-state index is 0.0467. The van der Waals surface area contributed by atoms with Gasteiger partial charge in [0, 0.05) is 53.9 Å². The number of nitrogens with one attached hydrogen (secondary N) is 2. The van der Waals surface area contributed by atoms with E-state index in [0.29, 0.717) is 12.2 Å². The highest BCUT2D eigenvalue weighted by Gasteiger charge is 2.11. The van der Waals surface area contributed by atoms with Crippen molar-refractivity contribution in [2.75, 3.05) is 5.32 Å². The van der Waals surface area contributed by atoms with E-state index in [1.165, 1.54) is 6.08 Å². The molecule has 2 aromatic carbocycles. The highest BCUT2D eigenvalue weighted by Crippen LogP contribution is 2.24. The lowest BCUT2D eigenvalue weighted by molar-refractivity contribution is -0.119. The second-order valence-corrected chi connectivity index (χ2v) is 8.35. The second kappa shape index (κ2) is 11.1. The summed E-state index contributed by atoms with van der Waals surface area (Å²) < 4.78 is 1.79. The van der Waals surface area contributed by atoms with Crippen LogP contribution in [-0.4, -0.2) is 26.6 Å². The van der Waals surface area contributed by atoms with Gasteiger partial charge in [-0.1, -0.05) is 44.2 Å². The molecule has 0 spiro atoms. The van der Waals surface area contributed by atoms with Gasteiger partial charge in [-0.3, -0.25) is 14.6 Å². The molecule has 2 amide bonds. The van der Waals surface area contributed by atoms with Crippen LogP contribution in [0.2, 0.25) is 0 Å². The molecule has 7 nitrogen and oxygen atoms in total. The summed E-state index contributed by atoms with van der Waals surface area (Å²) in [4.78, 5) is 28.7. The zero-order valence-corrected chi connectivity index (χ0v) is 19.7. The minimum atomic E-state index is -0.230. The van der Waals surface area contributed by atoms with Gasteiger partial charge >= 0.3 is 0 Å². The molecule has 2 heterocycles. The molecular weight excluding hydrogens is 438 g/mol. The third kappa shape index (κ3) is 6.29. The fourth-order valence-electron chi connectivity index (χ4n) is 3.41. The molecule has 0 aliphatic rings. The van der Waals surface area contributed by atoms with Crippen molar-refractivity contribution in [1.29, 1.82) is 0 Å². The van der Waals surface area contributed by atoms with Gasteiger partial charge in [-0.15, -0.1) is 0 Å². The first-order valence-corrected chi connectivity index (χ1v) is 11.4. The fourth-order valence-corrected chi connectivity index (χ4v) is 3.41. The molecule has 0 saturated carbocycles. The molecule has 35 heavy (non-hydrogen) atoms. The molecule has 2 N–H and O–H groups in total. The summed E-state index contributed by atoms with van der Waals surface area (Å²) in [6.07, 6.45) is 8.60. The van der Waals surface area contributed by atoms with E-state index < -0.39 is 0 Å². The number of carbonyl (C=O) groups excluding carboxylic acids is 2. The van der Waals surface area contributed by atoms with Crippen molar-refractivity contribution in [3.8, 4) is 16.9 Å². The Kier molecular flexibility index (Phi) is 7.47. The van der Waals surface area contributed by atoms with Gasteiger partial charge in [-0.05, 0) is 48.0 Å². The number of anilines is 1. The monoisotopic (exact) mass is 465 g/mol. The lowest BCUT2D eigenvalue weighted by Crippen LogP contribution is -2.21. The van der Waals surface area contributed by atoms with Crippen molar-refractivity contribution < 1.29 is 9.59 Å². The third-order valence-corrected chi connectivity index (χ3v) is 5.30. The molecule has 0 atom stereocenters. The third-order valence-electron chi connectivity index (χ3n) is 5.30. The molecule has 4 rings (SSSR count). The summed E-state index contributed by atoms with van der Waals surface area (Å²) in [6, 6.07) is 21.0. The van der Waals surface area contributed by atoms with Crippen LogP contribution >= 0.6 is 0 Å². The summed E-state index contributed by atoms with van der Waals surface area (Å²) in [6.45, 7) is 4.03. The van der Waals surface area contributed by atoms with Gasteiger partial charge in [0.15, 0.2) is 0 Å². The van der Waals surface area contributed by atoms with Crippen LogP contribution in [-0.2, 0) is 16.1 Å². The van der Waals surface area contributed by atoms with Gasteiger partial charge < -0.3 is 10.6 Å². The van der Waals surface area contributed by atoms with Crippen molar-refractivity contribution in [2.24, 2.45) is 5.92 Å². The number of pyridine rings is 1. The van der Waals surface area contributed by atoms with Crippen LogP contribution < -0.4 is 10.6 Å². The van der Waals surface area contributed by atoms with Gasteiger partial charge in [0.05, 0.1) is 5.69 Å². The standard InChI is InChI=1S/C28H27N5O2/c1-20(2)28(35)31-24-10-6-8-21(16-24)17-30-26(34)14-13-23-19-33(25-11-4-3-5-12-25)32-27(23)22-9-7-15-29-18-22/h3-16,18-20H,17H2,1-2H3,(H,30,34)(H,31,35)/b14-13+. The first kappa shape index (κ1) is 23.6. The maximum absolute atomic E-state index is 12.6. The number of nitrogens with zero attached hydrogens (tertiary/aromatic N) is 3. The van der Waals surface area contributed by atoms with Gasteiger partial charge in [0.2, 0.25) is 11.8 Å². The number of hydrogen-bond acceptors (Lipinski definition) is 4. The van der Waals surface area contributed by atoms with Gasteiger partial charge in [-0.2, -0.15) is 5.10 Å². The van der Waals surface area contributed by atoms with Crippen molar-refractivity contribution >= 4 is 23.6 Å². The number of aromatic nitrogens is 3. The van der Waals surface area contributed by atoms with E-state index >= 15 is 0 Å². The summed E-state index contributed by atoms with van der Waals surface area (Å²) in [5, 5.41) is 10.5. The smallest absolute Gasteiger partial charge is 0.244 e. The molecule has 0 aliphatic heterocycles. The van der Waals surface area contributed by atoms with E-state index in [2.05, 4.69) is 15.6 Å². The predicted molar refractivity (Wildman–Crippen MR) is 138 cm³/mol. The van der Waals surface area contributed by atoms with Crippen molar-refractivity contribution in [1.82, 2.24) is 20.1 Å². The maximum Gasteiger partial charge on any atom is 0.244 e. The summed E-state index contributed by atoms with van der Waals surface area (Å²) >= 11 is 0. The van der Waals surface area contributed by atoms with E-state index in [1.807, 2.05) is 86.8 Å². The second-order valence-electron chi connectivity index (χ2n) is 8.35. The summed E-state index contributed by atoms with van der Waals surface area (Å²) in [5.74, 6) is -0.382. The number of hydrogen-bond donors (Lipinski definition) is 2. The molecule has 2 aromatic heterocycles. The number of benzene rings is 2. The largest absolute Gasteiger partial charge is 0.348 e. The molecule has 7 heteroatoms. The fraction of sp³-hybridized carbons (Fsp3) is 0.143. The first-order chi connectivity index (χ1) is 17.0. The zero-order chi connectivity index (χ0) is 24.6. The number of amides is 2. The van der Waals surface area contributed by atoms with Crippen LogP contribution in [0.25, 0.3) is 23.0 Å². The van der Waals surface area contributed by atoms with Crippen LogP contribution in [0.3, 0.4) is 0 Å². The van der Waals surface area contributed by atoms with E-state index in [4.69, 9.17) is 5.10 Å². The normalized spacial score (nSPS) is 11.1. The Labute approximate surface area is 204 Å². The minimum Gasteiger partial charge on any atom is -0.348 e. The van der Waals surface area contributed by atoms with Crippen LogP contribution in [0.15, 0.2) is 91.4 Å². The highest BCUT2D eigenvalue weighted by molar-refractivity contribution is 5.93. The Morgan fingerprint density at radius 1 is 1.03 bits per heavy atom. The SMILES string of the molecule is CC(C)C(=O)Nc1cccc(CNC(=O)/C=C/c2cn(-c3ccccc3)nc2-c2cccnc2)c1. The van der Waals surface area contributed by atoms with Crippen molar-refractivity contribution in [3.63, 3.8) is 0 Å². The number of para-hydroxylation sites is 1. The topological polar surface area (TPSA) is 88.9 Å². The molecule has 0 fully saturated rings. The van der Waals surface area contributed by atoms with E-state index in [9.17, 15) is 9.59 Å². The molecule has 176 valence electrons. The molecule has 0 unspecified atom stereocenters. The average molecular weight is 466 g/mol. The molecule has 4 aromatic rings. The van der Waals surface area contributed by atoms with Gasteiger partial charge in [-0.25, -0.2) is 4.68 Å². The first-order valence-electron chi connectivity index (χ1n) is 11.4. The average Bonchev–Trinajstić information content (AvgIpc) is 3.32.